The highest BCUT2D eigenvalue weighted by atomic mass is 32.2. The van der Waals surface area contributed by atoms with Crippen molar-refractivity contribution in [3.8, 4) is 0 Å². The van der Waals surface area contributed by atoms with Gasteiger partial charge in [0.05, 0.1) is 36.3 Å². The topological polar surface area (TPSA) is 63.3 Å². The van der Waals surface area contributed by atoms with Gasteiger partial charge in [0.2, 0.25) is 5.91 Å². The van der Waals surface area contributed by atoms with Crippen LogP contribution >= 0.6 is 11.8 Å². The lowest BCUT2D eigenvalue weighted by atomic mass is 10.2. The fraction of sp³-hybridized carbons (Fsp3) is 0.368. The van der Waals surface area contributed by atoms with Crippen LogP contribution in [0, 0.1) is 0 Å². The molecule has 0 aliphatic carbocycles. The molecule has 136 valence electrons. The minimum atomic E-state index is -0.584. The maximum atomic E-state index is 12.7. The van der Waals surface area contributed by atoms with E-state index in [1.807, 2.05) is 34.8 Å². The van der Waals surface area contributed by atoms with Crippen LogP contribution in [0.3, 0.4) is 0 Å². The quantitative estimate of drug-likeness (QED) is 0.717. The predicted molar refractivity (Wildman–Crippen MR) is 102 cm³/mol. The molecule has 3 heterocycles. The van der Waals surface area contributed by atoms with Crippen molar-refractivity contribution < 1.29 is 9.90 Å². The zero-order chi connectivity index (χ0) is 18.3. The summed E-state index contributed by atoms with van der Waals surface area (Å²) in [5, 5.41) is 15.3. The van der Waals surface area contributed by atoms with E-state index in [1.54, 1.807) is 18.7 Å². The van der Waals surface area contributed by atoms with Gasteiger partial charge in [0.15, 0.2) is 0 Å². The van der Waals surface area contributed by atoms with E-state index in [9.17, 15) is 9.90 Å². The average molecular weight is 370 g/mol. The number of para-hydroxylation sites is 1. The summed E-state index contributed by atoms with van der Waals surface area (Å²) in [5.41, 5.74) is 2.82. The van der Waals surface area contributed by atoms with Gasteiger partial charge in [-0.3, -0.25) is 9.48 Å². The Balaban J connectivity index is 1.43. The summed E-state index contributed by atoms with van der Waals surface area (Å²) in [7, 11) is 2.03. The zero-order valence-electron chi connectivity index (χ0n) is 14.9. The van der Waals surface area contributed by atoms with Crippen LogP contribution in [0.2, 0.25) is 0 Å². The summed E-state index contributed by atoms with van der Waals surface area (Å²) >= 11 is 1.59. The van der Waals surface area contributed by atoms with Crippen LogP contribution in [0.4, 0.5) is 0 Å². The van der Waals surface area contributed by atoms with E-state index in [0.717, 1.165) is 10.6 Å². The van der Waals surface area contributed by atoms with Crippen LogP contribution in [0.1, 0.15) is 24.4 Å². The van der Waals surface area contributed by atoms with Crippen molar-refractivity contribution in [2.75, 3.05) is 12.3 Å². The third kappa shape index (κ3) is 3.12. The second-order valence-electron chi connectivity index (χ2n) is 6.69. The van der Waals surface area contributed by atoms with Gasteiger partial charge in [-0.15, -0.1) is 11.8 Å². The zero-order valence-corrected chi connectivity index (χ0v) is 15.7. The Labute approximate surface area is 156 Å². The summed E-state index contributed by atoms with van der Waals surface area (Å²) in [5.74, 6) is 0.555. The molecule has 4 rings (SSSR count). The summed E-state index contributed by atoms with van der Waals surface area (Å²) in [6, 6.07) is 10.1. The molecule has 0 saturated carbocycles. The van der Waals surface area contributed by atoms with Gasteiger partial charge >= 0.3 is 0 Å². The Morgan fingerprint density at radius 3 is 2.96 bits per heavy atom. The van der Waals surface area contributed by atoms with Crippen molar-refractivity contribution in [2.45, 2.75) is 31.0 Å². The van der Waals surface area contributed by atoms with Crippen LogP contribution in [-0.2, 0) is 24.9 Å². The highest BCUT2D eigenvalue weighted by Crippen LogP contribution is 2.29. The van der Waals surface area contributed by atoms with Gasteiger partial charge in [0.25, 0.3) is 0 Å². The van der Waals surface area contributed by atoms with Gasteiger partial charge in [-0.25, -0.2) is 0 Å². The molecule has 6 nitrogen and oxygen atoms in total. The molecular weight excluding hydrogens is 348 g/mol. The number of amides is 1. The lowest BCUT2D eigenvalue weighted by Gasteiger charge is -2.27. The molecule has 1 atom stereocenters. The number of hydrogen-bond acceptors (Lipinski definition) is 4. The number of nitrogens with zero attached hydrogens (tertiary/aromatic N) is 4. The first-order valence-electron chi connectivity index (χ1n) is 8.72. The van der Waals surface area contributed by atoms with Gasteiger partial charge in [0.1, 0.15) is 0 Å². The van der Waals surface area contributed by atoms with Gasteiger partial charge < -0.3 is 14.6 Å². The van der Waals surface area contributed by atoms with Gasteiger partial charge in [-0.1, -0.05) is 18.2 Å². The van der Waals surface area contributed by atoms with Crippen LogP contribution < -0.4 is 0 Å². The fourth-order valence-electron chi connectivity index (χ4n) is 3.36. The predicted octanol–water partition coefficient (Wildman–Crippen LogP) is 2.56. The van der Waals surface area contributed by atoms with Gasteiger partial charge in [-0.2, -0.15) is 5.10 Å². The van der Waals surface area contributed by atoms with Gasteiger partial charge in [0, 0.05) is 35.6 Å². The van der Waals surface area contributed by atoms with E-state index in [-0.39, 0.29) is 5.91 Å². The molecule has 0 bridgehead atoms. The molecule has 0 fully saturated rings. The number of carbonyl (C=O) groups is 1. The Morgan fingerprint density at radius 2 is 2.15 bits per heavy atom. The van der Waals surface area contributed by atoms with E-state index >= 15 is 0 Å². The lowest BCUT2D eigenvalue weighted by molar-refractivity contribution is -0.129. The summed E-state index contributed by atoms with van der Waals surface area (Å²) in [6.45, 7) is 3.59. The lowest BCUT2D eigenvalue weighted by Crippen LogP contribution is -2.39. The molecule has 2 aromatic heterocycles. The van der Waals surface area contributed by atoms with Crippen molar-refractivity contribution >= 4 is 28.6 Å². The number of aromatic nitrogens is 3. The van der Waals surface area contributed by atoms with Crippen molar-refractivity contribution in [1.82, 2.24) is 19.2 Å². The Kier molecular flexibility index (Phi) is 4.50. The maximum Gasteiger partial charge on any atom is 0.233 e. The number of thioether (sulfide) groups is 1. The normalized spacial score (nSPS) is 15.3. The van der Waals surface area contributed by atoms with Crippen molar-refractivity contribution in [1.29, 1.82) is 0 Å². The molecular formula is C19H22N4O2S. The monoisotopic (exact) mass is 370 g/mol. The van der Waals surface area contributed by atoms with E-state index in [4.69, 9.17) is 0 Å². The number of fused-ring (bicyclic) bond motifs is 2. The number of aliphatic hydroxyl groups excluding tert-OH is 1. The number of carbonyl (C=O) groups excluding carboxylic acids is 1. The molecule has 1 aliphatic heterocycles. The molecule has 1 aliphatic rings. The van der Waals surface area contributed by atoms with E-state index in [1.165, 1.54) is 10.9 Å². The maximum absolute atomic E-state index is 12.7. The molecule has 1 amide bonds. The minimum absolute atomic E-state index is 0.133. The molecule has 0 unspecified atom stereocenters. The summed E-state index contributed by atoms with van der Waals surface area (Å²) < 4.78 is 3.99. The third-order valence-corrected chi connectivity index (χ3v) is 5.84. The fourth-order valence-corrected chi connectivity index (χ4v) is 4.38. The van der Waals surface area contributed by atoms with Crippen molar-refractivity contribution in [3.05, 3.63) is 47.9 Å². The molecule has 3 aromatic rings. The van der Waals surface area contributed by atoms with E-state index in [2.05, 4.69) is 28.0 Å². The van der Waals surface area contributed by atoms with Gasteiger partial charge in [-0.05, 0) is 19.1 Å². The number of benzene rings is 1. The highest BCUT2D eigenvalue weighted by molar-refractivity contribution is 8.00. The number of aryl methyl sites for hydroxylation is 1. The Morgan fingerprint density at radius 1 is 1.35 bits per heavy atom. The van der Waals surface area contributed by atoms with Crippen molar-refractivity contribution in [2.24, 2.45) is 7.05 Å². The van der Waals surface area contributed by atoms with E-state index in [0.29, 0.717) is 31.1 Å². The SMILES string of the molecule is C[C@H](O)c1cc2n(n1)CCN(C(=O)CSc1cn(C)c3ccccc13)C2. The number of rotatable bonds is 4. The van der Waals surface area contributed by atoms with Crippen LogP contribution in [0.5, 0.6) is 0 Å². The molecule has 1 N–H and O–H groups in total. The first-order valence-corrected chi connectivity index (χ1v) is 9.71. The molecule has 1 aromatic carbocycles. The first-order chi connectivity index (χ1) is 12.5. The largest absolute Gasteiger partial charge is 0.387 e. The van der Waals surface area contributed by atoms with Crippen LogP contribution in [0.25, 0.3) is 10.9 Å². The second-order valence-corrected chi connectivity index (χ2v) is 7.70. The summed E-state index contributed by atoms with van der Waals surface area (Å²) in [4.78, 5) is 15.7. The van der Waals surface area contributed by atoms with E-state index < -0.39 is 6.10 Å². The minimum Gasteiger partial charge on any atom is -0.387 e. The smallest absolute Gasteiger partial charge is 0.233 e. The average Bonchev–Trinajstić information content (AvgIpc) is 3.21. The molecule has 7 heteroatoms. The second kappa shape index (κ2) is 6.81. The molecule has 0 saturated heterocycles. The van der Waals surface area contributed by atoms with Crippen LogP contribution in [0.15, 0.2) is 41.4 Å². The molecule has 26 heavy (non-hydrogen) atoms. The molecule has 0 radical (unpaired) electrons. The molecule has 0 spiro atoms. The first kappa shape index (κ1) is 17.2. The van der Waals surface area contributed by atoms with Crippen molar-refractivity contribution in [3.63, 3.8) is 0 Å². The summed E-state index contributed by atoms with van der Waals surface area (Å²) in [6.07, 6.45) is 1.50. The Bertz CT molecular complexity index is 960. The van der Waals surface area contributed by atoms with Crippen LogP contribution in [-0.4, -0.2) is 42.6 Å². The third-order valence-electron chi connectivity index (χ3n) is 4.81. The highest BCUT2D eigenvalue weighted by Gasteiger charge is 2.23. The Hall–Kier alpha value is -2.25. The number of hydrogen-bond donors (Lipinski definition) is 1. The number of aliphatic hydroxyl groups is 1. The standard InChI is InChI=1S/C19H22N4O2S/c1-13(24)16-9-14-10-22(7-8-23(14)20-16)19(25)12-26-18-11-21(2)17-6-4-3-5-15(17)18/h3-6,9,11,13,24H,7-8,10,12H2,1-2H3/t13-/m0/s1.